The Hall–Kier alpha value is -0.770. The molecule has 1 unspecified atom stereocenters. The van der Waals surface area contributed by atoms with Crippen molar-refractivity contribution < 1.29 is 5.11 Å². The summed E-state index contributed by atoms with van der Waals surface area (Å²) in [5.74, 6) is 0. The highest BCUT2D eigenvalue weighted by molar-refractivity contribution is 6.30. The first kappa shape index (κ1) is 13.7. The predicted molar refractivity (Wildman–Crippen MR) is 76.2 cm³/mol. The molecule has 1 aromatic rings. The van der Waals surface area contributed by atoms with E-state index < -0.39 is 0 Å². The monoisotopic (exact) mass is 268 g/mol. The van der Waals surface area contributed by atoms with Crippen LogP contribution in [0.3, 0.4) is 0 Å². The van der Waals surface area contributed by atoms with Gasteiger partial charge in [0.25, 0.3) is 0 Å². The van der Waals surface area contributed by atoms with Crippen molar-refractivity contribution in [2.24, 2.45) is 0 Å². The van der Waals surface area contributed by atoms with Gasteiger partial charge in [-0.15, -0.1) is 0 Å². The number of benzene rings is 1. The van der Waals surface area contributed by atoms with Crippen molar-refractivity contribution in [3.8, 4) is 0 Å². The van der Waals surface area contributed by atoms with Crippen molar-refractivity contribution in [3.63, 3.8) is 0 Å². The third kappa shape index (κ3) is 4.48. The van der Waals surface area contributed by atoms with Crippen LogP contribution in [-0.4, -0.2) is 42.3 Å². The zero-order valence-corrected chi connectivity index (χ0v) is 11.4. The number of likely N-dealkylation sites (tertiary alicyclic amines) is 1. The molecule has 4 heteroatoms. The number of hydrogen-bond acceptors (Lipinski definition) is 3. The van der Waals surface area contributed by atoms with Crippen LogP contribution in [0.4, 0.5) is 5.69 Å². The maximum absolute atomic E-state index is 9.99. The summed E-state index contributed by atoms with van der Waals surface area (Å²) in [4.78, 5) is 2.34. The molecule has 0 aromatic heterocycles. The maximum Gasteiger partial charge on any atom is 0.0839 e. The Labute approximate surface area is 114 Å². The number of halogens is 1. The van der Waals surface area contributed by atoms with Crippen LogP contribution in [0.5, 0.6) is 0 Å². The van der Waals surface area contributed by atoms with Crippen LogP contribution in [0.25, 0.3) is 0 Å². The van der Waals surface area contributed by atoms with E-state index in [0.29, 0.717) is 6.54 Å². The largest absolute Gasteiger partial charge is 0.390 e. The molecular weight excluding hydrogens is 248 g/mol. The minimum Gasteiger partial charge on any atom is -0.390 e. The quantitative estimate of drug-likeness (QED) is 0.862. The molecule has 1 aliphatic rings. The van der Waals surface area contributed by atoms with Gasteiger partial charge in [-0.3, -0.25) is 0 Å². The average Bonchev–Trinajstić information content (AvgIpc) is 2.39. The Morgan fingerprint density at radius 2 is 1.83 bits per heavy atom. The first-order chi connectivity index (χ1) is 8.74. The molecular formula is C14H21ClN2O. The second-order valence-corrected chi connectivity index (χ2v) is 5.34. The van der Waals surface area contributed by atoms with Crippen LogP contribution in [0.2, 0.25) is 5.02 Å². The summed E-state index contributed by atoms with van der Waals surface area (Å²) in [7, 11) is 0. The van der Waals surface area contributed by atoms with E-state index in [4.69, 9.17) is 11.6 Å². The van der Waals surface area contributed by atoms with E-state index >= 15 is 0 Å². The molecule has 3 nitrogen and oxygen atoms in total. The summed E-state index contributed by atoms with van der Waals surface area (Å²) in [5, 5.41) is 13.9. The van der Waals surface area contributed by atoms with Crippen LogP contribution in [0.15, 0.2) is 24.3 Å². The minimum absolute atomic E-state index is 0.321. The minimum atomic E-state index is -0.321. The number of rotatable bonds is 5. The van der Waals surface area contributed by atoms with Gasteiger partial charge in [-0.25, -0.2) is 0 Å². The molecule has 2 N–H and O–H groups in total. The molecule has 1 atom stereocenters. The van der Waals surface area contributed by atoms with Gasteiger partial charge in [-0.05, 0) is 50.2 Å². The van der Waals surface area contributed by atoms with Gasteiger partial charge >= 0.3 is 0 Å². The fourth-order valence-corrected chi connectivity index (χ4v) is 2.43. The highest BCUT2D eigenvalue weighted by Gasteiger charge is 2.14. The van der Waals surface area contributed by atoms with Crippen LogP contribution < -0.4 is 5.32 Å². The Morgan fingerprint density at radius 1 is 1.17 bits per heavy atom. The fraction of sp³-hybridized carbons (Fsp3) is 0.571. The van der Waals surface area contributed by atoms with Gasteiger partial charge in [0.05, 0.1) is 6.10 Å². The second kappa shape index (κ2) is 6.98. The van der Waals surface area contributed by atoms with Crippen molar-refractivity contribution in [1.82, 2.24) is 4.90 Å². The lowest BCUT2D eigenvalue weighted by atomic mass is 10.1. The molecule has 1 heterocycles. The Kier molecular flexibility index (Phi) is 5.29. The highest BCUT2D eigenvalue weighted by Crippen LogP contribution is 2.13. The molecule has 1 aliphatic heterocycles. The highest BCUT2D eigenvalue weighted by atomic mass is 35.5. The molecule has 2 rings (SSSR count). The van der Waals surface area contributed by atoms with Gasteiger partial charge in [-0.2, -0.15) is 0 Å². The van der Waals surface area contributed by atoms with Gasteiger partial charge in [-0.1, -0.05) is 18.0 Å². The molecule has 18 heavy (non-hydrogen) atoms. The number of anilines is 1. The van der Waals surface area contributed by atoms with Crippen molar-refractivity contribution in [3.05, 3.63) is 29.3 Å². The van der Waals surface area contributed by atoms with E-state index in [0.717, 1.165) is 30.3 Å². The Balaban J connectivity index is 1.70. The van der Waals surface area contributed by atoms with E-state index in [1.807, 2.05) is 24.3 Å². The number of nitrogens with zero attached hydrogens (tertiary/aromatic N) is 1. The van der Waals surface area contributed by atoms with E-state index in [1.54, 1.807) is 0 Å². The molecule has 0 bridgehead atoms. The van der Waals surface area contributed by atoms with Gasteiger partial charge in [0, 0.05) is 23.8 Å². The van der Waals surface area contributed by atoms with Gasteiger partial charge in [0.1, 0.15) is 0 Å². The number of hydrogen-bond donors (Lipinski definition) is 2. The number of nitrogens with one attached hydrogen (secondary N) is 1. The lowest BCUT2D eigenvalue weighted by molar-refractivity contribution is 0.110. The normalized spacial score (nSPS) is 18.6. The number of aliphatic hydroxyl groups excluding tert-OH is 1. The third-order valence-corrected chi connectivity index (χ3v) is 3.56. The van der Waals surface area contributed by atoms with E-state index in [-0.39, 0.29) is 6.10 Å². The van der Waals surface area contributed by atoms with Gasteiger partial charge < -0.3 is 15.3 Å². The van der Waals surface area contributed by atoms with E-state index in [9.17, 15) is 5.11 Å². The SMILES string of the molecule is OC(CNc1ccc(Cl)cc1)CN1CCCCC1. The van der Waals surface area contributed by atoms with E-state index in [2.05, 4.69) is 10.2 Å². The summed E-state index contributed by atoms with van der Waals surface area (Å²) in [5.41, 5.74) is 0.997. The van der Waals surface area contributed by atoms with Gasteiger partial charge in [0.15, 0.2) is 0 Å². The van der Waals surface area contributed by atoms with Crippen molar-refractivity contribution in [1.29, 1.82) is 0 Å². The zero-order chi connectivity index (χ0) is 12.8. The average molecular weight is 269 g/mol. The fourth-order valence-electron chi connectivity index (χ4n) is 2.31. The molecule has 0 saturated carbocycles. The van der Waals surface area contributed by atoms with Crippen molar-refractivity contribution >= 4 is 17.3 Å². The first-order valence-corrected chi connectivity index (χ1v) is 7.02. The summed E-state index contributed by atoms with van der Waals surface area (Å²) in [6.45, 7) is 3.59. The summed E-state index contributed by atoms with van der Waals surface area (Å²) in [6, 6.07) is 7.55. The molecule has 0 aliphatic carbocycles. The van der Waals surface area contributed by atoms with Crippen molar-refractivity contribution in [2.45, 2.75) is 25.4 Å². The smallest absolute Gasteiger partial charge is 0.0839 e. The van der Waals surface area contributed by atoms with E-state index in [1.165, 1.54) is 19.3 Å². The standard InChI is InChI=1S/C14H21ClN2O/c15-12-4-6-13(7-5-12)16-10-14(18)11-17-8-2-1-3-9-17/h4-7,14,16,18H,1-3,8-11H2. The number of piperidine rings is 1. The molecule has 0 spiro atoms. The second-order valence-electron chi connectivity index (χ2n) is 4.90. The summed E-state index contributed by atoms with van der Waals surface area (Å²) in [6.07, 6.45) is 3.53. The number of β-amino-alcohol motifs (C(OH)–C–C–N with tert-alkyl or cyclic N) is 1. The summed E-state index contributed by atoms with van der Waals surface area (Å²) >= 11 is 5.82. The molecule has 1 saturated heterocycles. The lowest BCUT2D eigenvalue weighted by Gasteiger charge is -2.28. The van der Waals surface area contributed by atoms with Crippen LogP contribution in [-0.2, 0) is 0 Å². The third-order valence-electron chi connectivity index (χ3n) is 3.30. The van der Waals surface area contributed by atoms with Crippen LogP contribution in [0, 0.1) is 0 Å². The molecule has 1 aromatic carbocycles. The topological polar surface area (TPSA) is 35.5 Å². The summed E-state index contributed by atoms with van der Waals surface area (Å²) < 4.78 is 0. The van der Waals surface area contributed by atoms with Crippen LogP contribution >= 0.6 is 11.6 Å². The molecule has 100 valence electrons. The maximum atomic E-state index is 9.99. The molecule has 0 radical (unpaired) electrons. The number of aliphatic hydroxyl groups is 1. The lowest BCUT2D eigenvalue weighted by Crippen LogP contribution is -2.39. The van der Waals surface area contributed by atoms with Gasteiger partial charge in [0.2, 0.25) is 0 Å². The van der Waals surface area contributed by atoms with Crippen LogP contribution in [0.1, 0.15) is 19.3 Å². The first-order valence-electron chi connectivity index (χ1n) is 6.64. The molecule has 1 fully saturated rings. The Morgan fingerprint density at radius 3 is 2.50 bits per heavy atom. The Bertz CT molecular complexity index is 349. The van der Waals surface area contributed by atoms with Crippen molar-refractivity contribution in [2.75, 3.05) is 31.5 Å². The predicted octanol–water partition coefficient (Wildman–Crippen LogP) is 2.60. The molecule has 0 amide bonds. The zero-order valence-electron chi connectivity index (χ0n) is 10.6.